The summed E-state index contributed by atoms with van der Waals surface area (Å²) >= 11 is 0. The van der Waals surface area contributed by atoms with Crippen LogP contribution in [-0.2, 0) is 9.53 Å². The van der Waals surface area contributed by atoms with Crippen LogP contribution in [0, 0.1) is 5.92 Å². The van der Waals surface area contributed by atoms with Crippen molar-refractivity contribution in [1.29, 1.82) is 0 Å². The van der Waals surface area contributed by atoms with Crippen LogP contribution in [0.15, 0.2) is 24.3 Å². The molecule has 1 aliphatic rings. The van der Waals surface area contributed by atoms with E-state index < -0.39 is 0 Å². The molecule has 1 aromatic rings. The van der Waals surface area contributed by atoms with Crippen LogP contribution in [0.2, 0.25) is 0 Å². The zero-order valence-electron chi connectivity index (χ0n) is 15.2. The lowest BCUT2D eigenvalue weighted by Crippen LogP contribution is -2.37. The summed E-state index contributed by atoms with van der Waals surface area (Å²) in [4.78, 5) is 26.3. The lowest BCUT2D eigenvalue weighted by Gasteiger charge is -2.30. The van der Waals surface area contributed by atoms with E-state index in [0.29, 0.717) is 23.8 Å². The van der Waals surface area contributed by atoms with Crippen molar-refractivity contribution in [2.75, 3.05) is 45.2 Å². The molecule has 0 spiro atoms. The summed E-state index contributed by atoms with van der Waals surface area (Å²) in [5.74, 6) is 0.677. The summed E-state index contributed by atoms with van der Waals surface area (Å²) < 4.78 is 4.95. The largest absolute Gasteiger partial charge is 0.385 e. The Hall–Kier alpha value is -1.92. The maximum Gasteiger partial charge on any atom is 0.253 e. The highest BCUT2D eigenvalue weighted by Gasteiger charge is 2.21. The van der Waals surface area contributed by atoms with E-state index in [4.69, 9.17) is 4.74 Å². The van der Waals surface area contributed by atoms with Gasteiger partial charge in [0.05, 0.1) is 6.54 Å². The molecule has 1 heterocycles. The first-order valence-electron chi connectivity index (χ1n) is 8.99. The van der Waals surface area contributed by atoms with Crippen LogP contribution in [0.1, 0.15) is 36.5 Å². The van der Waals surface area contributed by atoms with Gasteiger partial charge in [0, 0.05) is 38.1 Å². The van der Waals surface area contributed by atoms with E-state index in [9.17, 15) is 9.59 Å². The molecule has 0 unspecified atom stereocenters. The van der Waals surface area contributed by atoms with E-state index in [-0.39, 0.29) is 18.4 Å². The van der Waals surface area contributed by atoms with Crippen molar-refractivity contribution in [2.45, 2.75) is 26.2 Å². The molecule has 6 nitrogen and oxygen atoms in total. The molecule has 1 aromatic carbocycles. The second-order valence-electron chi connectivity index (χ2n) is 6.62. The van der Waals surface area contributed by atoms with Gasteiger partial charge in [-0.25, -0.2) is 0 Å². The highest BCUT2D eigenvalue weighted by Crippen LogP contribution is 2.19. The lowest BCUT2D eigenvalue weighted by atomic mass is 9.98. The van der Waals surface area contributed by atoms with Crippen LogP contribution in [0.4, 0.5) is 5.69 Å². The van der Waals surface area contributed by atoms with Gasteiger partial charge in [0.15, 0.2) is 0 Å². The lowest BCUT2D eigenvalue weighted by molar-refractivity contribution is -0.115. The van der Waals surface area contributed by atoms with Gasteiger partial charge >= 0.3 is 0 Å². The molecule has 25 heavy (non-hydrogen) atoms. The third-order valence-electron chi connectivity index (χ3n) is 4.47. The quantitative estimate of drug-likeness (QED) is 0.707. The van der Waals surface area contributed by atoms with Gasteiger partial charge in [-0.1, -0.05) is 6.92 Å². The molecule has 2 rings (SSSR count). The molecule has 0 bridgehead atoms. The van der Waals surface area contributed by atoms with Gasteiger partial charge in [-0.2, -0.15) is 0 Å². The summed E-state index contributed by atoms with van der Waals surface area (Å²) in [7, 11) is 1.66. The molecule has 2 N–H and O–H groups in total. The van der Waals surface area contributed by atoms with Crippen molar-refractivity contribution in [2.24, 2.45) is 5.92 Å². The predicted octanol–water partition coefficient (Wildman–Crippen LogP) is 2.12. The summed E-state index contributed by atoms with van der Waals surface area (Å²) in [6.07, 6.45) is 3.00. The Kier molecular flexibility index (Phi) is 7.88. The number of benzene rings is 1. The molecular formula is C19H29N3O3. The van der Waals surface area contributed by atoms with Crippen LogP contribution >= 0.6 is 0 Å². The minimum atomic E-state index is -0.0958. The van der Waals surface area contributed by atoms with Crippen molar-refractivity contribution < 1.29 is 14.3 Å². The monoisotopic (exact) mass is 347 g/mol. The van der Waals surface area contributed by atoms with E-state index in [1.807, 2.05) is 4.90 Å². The fourth-order valence-electron chi connectivity index (χ4n) is 2.84. The fourth-order valence-corrected chi connectivity index (χ4v) is 2.84. The topological polar surface area (TPSA) is 70.7 Å². The molecule has 0 aliphatic carbocycles. The zero-order valence-corrected chi connectivity index (χ0v) is 15.2. The molecule has 1 fully saturated rings. The number of nitrogens with one attached hydrogen (secondary N) is 2. The Labute approximate surface area is 149 Å². The number of piperidine rings is 1. The number of likely N-dealkylation sites (tertiary alicyclic amines) is 1. The molecule has 6 heteroatoms. The molecule has 0 radical (unpaired) electrons. The van der Waals surface area contributed by atoms with Gasteiger partial charge in [0.2, 0.25) is 5.91 Å². The van der Waals surface area contributed by atoms with Crippen molar-refractivity contribution >= 4 is 17.5 Å². The number of nitrogens with zero attached hydrogens (tertiary/aromatic N) is 1. The number of hydrogen-bond donors (Lipinski definition) is 2. The van der Waals surface area contributed by atoms with Crippen molar-refractivity contribution in [3.63, 3.8) is 0 Å². The molecule has 2 amide bonds. The number of carbonyl (C=O) groups excluding carboxylic acids is 2. The second-order valence-corrected chi connectivity index (χ2v) is 6.62. The second kappa shape index (κ2) is 10.2. The summed E-state index contributed by atoms with van der Waals surface area (Å²) in [6.45, 7) is 5.56. The Morgan fingerprint density at radius 3 is 2.52 bits per heavy atom. The highest BCUT2D eigenvalue weighted by molar-refractivity contribution is 5.96. The maximum absolute atomic E-state index is 12.5. The number of methoxy groups -OCH3 is 1. The third kappa shape index (κ3) is 6.48. The average molecular weight is 347 g/mol. The molecule has 1 saturated heterocycles. The van der Waals surface area contributed by atoms with Crippen LogP contribution in [0.5, 0.6) is 0 Å². The van der Waals surface area contributed by atoms with Crippen molar-refractivity contribution in [3.05, 3.63) is 29.8 Å². The van der Waals surface area contributed by atoms with Crippen LogP contribution in [-0.4, -0.2) is 56.6 Å². The van der Waals surface area contributed by atoms with Gasteiger partial charge in [-0.05, 0) is 56.0 Å². The fraction of sp³-hybridized carbons (Fsp3) is 0.579. The molecule has 0 atom stereocenters. The first-order valence-corrected chi connectivity index (χ1v) is 8.99. The number of hydrogen-bond acceptors (Lipinski definition) is 4. The first kappa shape index (κ1) is 19.4. The smallest absolute Gasteiger partial charge is 0.253 e. The minimum Gasteiger partial charge on any atom is -0.385 e. The van der Waals surface area contributed by atoms with Gasteiger partial charge in [-0.3, -0.25) is 9.59 Å². The Morgan fingerprint density at radius 1 is 1.20 bits per heavy atom. The summed E-state index contributed by atoms with van der Waals surface area (Å²) in [5, 5.41) is 5.89. The van der Waals surface area contributed by atoms with E-state index in [2.05, 4.69) is 17.6 Å². The highest BCUT2D eigenvalue weighted by atomic mass is 16.5. The van der Waals surface area contributed by atoms with E-state index in [0.717, 1.165) is 38.9 Å². The number of carbonyl (C=O) groups is 2. The van der Waals surface area contributed by atoms with Crippen molar-refractivity contribution in [3.8, 4) is 0 Å². The Morgan fingerprint density at radius 2 is 1.88 bits per heavy atom. The first-order chi connectivity index (χ1) is 12.1. The Bertz CT molecular complexity index is 552. The van der Waals surface area contributed by atoms with Gasteiger partial charge in [0.1, 0.15) is 0 Å². The number of anilines is 1. The summed E-state index contributed by atoms with van der Waals surface area (Å²) in [6, 6.07) is 7.12. The standard InChI is InChI=1S/C19H29N3O3/c1-15-8-11-22(12-9-15)19(24)16-4-6-17(7-5-16)21-18(23)14-20-10-3-13-25-2/h4-7,15,20H,3,8-14H2,1-2H3,(H,21,23). The predicted molar refractivity (Wildman–Crippen MR) is 98.7 cm³/mol. The van der Waals surface area contributed by atoms with Crippen molar-refractivity contribution in [1.82, 2.24) is 10.2 Å². The average Bonchev–Trinajstić information content (AvgIpc) is 2.62. The minimum absolute atomic E-state index is 0.0737. The zero-order chi connectivity index (χ0) is 18.1. The van der Waals surface area contributed by atoms with E-state index in [1.54, 1.807) is 31.4 Å². The van der Waals surface area contributed by atoms with Gasteiger partial charge in [-0.15, -0.1) is 0 Å². The normalized spacial score (nSPS) is 15.2. The SMILES string of the molecule is COCCCNCC(=O)Nc1ccc(C(=O)N2CCC(C)CC2)cc1. The van der Waals surface area contributed by atoms with E-state index >= 15 is 0 Å². The van der Waals surface area contributed by atoms with Gasteiger partial charge < -0.3 is 20.3 Å². The molecule has 0 aromatic heterocycles. The van der Waals surface area contributed by atoms with Crippen LogP contribution in [0.3, 0.4) is 0 Å². The molecular weight excluding hydrogens is 318 g/mol. The number of amides is 2. The van der Waals surface area contributed by atoms with Crippen LogP contribution < -0.4 is 10.6 Å². The molecule has 0 saturated carbocycles. The number of ether oxygens (including phenoxy) is 1. The van der Waals surface area contributed by atoms with Gasteiger partial charge in [0.25, 0.3) is 5.91 Å². The number of rotatable bonds is 8. The molecule has 138 valence electrons. The molecule has 1 aliphatic heterocycles. The summed E-state index contributed by atoms with van der Waals surface area (Å²) in [5.41, 5.74) is 1.37. The Balaban J connectivity index is 1.77. The third-order valence-corrected chi connectivity index (χ3v) is 4.47. The van der Waals surface area contributed by atoms with E-state index in [1.165, 1.54) is 0 Å². The maximum atomic E-state index is 12.5. The van der Waals surface area contributed by atoms with Crippen LogP contribution in [0.25, 0.3) is 0 Å².